The molecule has 2 unspecified atom stereocenters. The fraction of sp³-hybridized carbons (Fsp3) is 0.833. The second kappa shape index (κ2) is 15.5. The van der Waals surface area contributed by atoms with E-state index >= 15 is 0 Å². The van der Waals surface area contributed by atoms with E-state index in [2.05, 4.69) is 18.8 Å². The molecule has 0 aliphatic rings. The van der Waals surface area contributed by atoms with Crippen molar-refractivity contribution in [2.45, 2.75) is 96.1 Å². The van der Waals surface area contributed by atoms with Crippen molar-refractivity contribution in [3.63, 3.8) is 0 Å². The largest absolute Gasteiger partial charge is 0.385 e. The third-order valence-corrected chi connectivity index (χ3v) is 3.88. The van der Waals surface area contributed by atoms with Crippen molar-refractivity contribution in [2.75, 3.05) is 0 Å². The van der Waals surface area contributed by atoms with E-state index in [0.29, 0.717) is 12.8 Å². The highest BCUT2D eigenvalue weighted by molar-refractivity contribution is 5.48. The zero-order valence-electron chi connectivity index (χ0n) is 14.3. The Kier molecular flexibility index (Phi) is 14.5. The summed E-state index contributed by atoms with van der Waals surface area (Å²) in [5.74, 6) is 5.85. The monoisotopic (exact) mass is 325 g/mol. The van der Waals surface area contributed by atoms with Crippen molar-refractivity contribution in [3.8, 4) is 11.8 Å². The average molecular weight is 325 g/mol. The van der Waals surface area contributed by atoms with Gasteiger partial charge in [-0.3, -0.25) is 10.1 Å². The predicted molar refractivity (Wildman–Crippen MR) is 91.7 cm³/mol. The van der Waals surface area contributed by atoms with Crippen molar-refractivity contribution in [1.29, 1.82) is 0 Å². The van der Waals surface area contributed by atoms with Gasteiger partial charge in [0, 0.05) is 30.6 Å². The summed E-state index contributed by atoms with van der Waals surface area (Å²) in [7, 11) is 0. The second-order valence-electron chi connectivity index (χ2n) is 5.95. The maximum absolute atomic E-state index is 11.1. The van der Waals surface area contributed by atoms with Crippen LogP contribution in [0.3, 0.4) is 0 Å². The Morgan fingerprint density at radius 3 is 2.43 bits per heavy atom. The first-order valence-corrected chi connectivity index (χ1v) is 8.84. The van der Waals surface area contributed by atoms with Gasteiger partial charge in [-0.25, -0.2) is 0 Å². The molecule has 5 heteroatoms. The lowest BCUT2D eigenvalue weighted by Gasteiger charge is -2.13. The van der Waals surface area contributed by atoms with Gasteiger partial charge in [0.1, 0.15) is 12.4 Å². The van der Waals surface area contributed by atoms with Gasteiger partial charge in [0.25, 0.3) is 0 Å². The SMILES string of the molecule is CCCCCC#CCC(O)C(CCCCCCCC=O)[N+](=O)[O-]. The zero-order chi connectivity index (χ0) is 17.3. The summed E-state index contributed by atoms with van der Waals surface area (Å²) in [5, 5.41) is 21.1. The molecule has 0 aliphatic carbocycles. The number of rotatable bonds is 14. The van der Waals surface area contributed by atoms with Crippen molar-refractivity contribution in [2.24, 2.45) is 0 Å². The topological polar surface area (TPSA) is 80.4 Å². The molecule has 0 saturated heterocycles. The Hall–Kier alpha value is -1.41. The van der Waals surface area contributed by atoms with Crippen molar-refractivity contribution in [3.05, 3.63) is 10.1 Å². The first kappa shape index (κ1) is 21.6. The Labute approximate surface area is 140 Å². The molecule has 0 rings (SSSR count). The average Bonchev–Trinajstić information content (AvgIpc) is 2.52. The number of carbonyl (C=O) groups is 1. The fourth-order valence-corrected chi connectivity index (χ4v) is 2.41. The van der Waals surface area contributed by atoms with Gasteiger partial charge in [-0.05, 0) is 19.3 Å². The molecule has 5 nitrogen and oxygen atoms in total. The van der Waals surface area contributed by atoms with Gasteiger partial charge in [-0.15, -0.1) is 11.8 Å². The summed E-state index contributed by atoms with van der Waals surface area (Å²) in [6.07, 6.45) is 9.69. The minimum atomic E-state index is -0.987. The van der Waals surface area contributed by atoms with Gasteiger partial charge in [0.15, 0.2) is 0 Å². The maximum Gasteiger partial charge on any atom is 0.239 e. The maximum atomic E-state index is 11.1. The zero-order valence-corrected chi connectivity index (χ0v) is 14.3. The van der Waals surface area contributed by atoms with Crippen LogP contribution in [0.15, 0.2) is 0 Å². The molecule has 0 amide bonds. The van der Waals surface area contributed by atoms with E-state index < -0.39 is 12.1 Å². The summed E-state index contributed by atoms with van der Waals surface area (Å²) in [6, 6.07) is -0.921. The van der Waals surface area contributed by atoms with Crippen LogP contribution >= 0.6 is 0 Å². The molecule has 0 aliphatic heterocycles. The van der Waals surface area contributed by atoms with Gasteiger partial charge >= 0.3 is 0 Å². The van der Waals surface area contributed by atoms with E-state index in [4.69, 9.17) is 0 Å². The van der Waals surface area contributed by atoms with E-state index in [9.17, 15) is 20.0 Å². The Morgan fingerprint density at radius 1 is 1.09 bits per heavy atom. The lowest BCUT2D eigenvalue weighted by atomic mass is 10.0. The third-order valence-electron chi connectivity index (χ3n) is 3.88. The molecule has 0 heterocycles. The Bertz CT molecular complexity index is 373. The molecule has 0 saturated carbocycles. The Balaban J connectivity index is 3.94. The standard InChI is InChI=1S/C18H31NO4/c1-2-3-4-5-9-12-15-18(21)17(19(22)23)14-11-8-6-7-10-13-16-20/h16-18,21H,2-8,10-11,13-15H2,1H3. The summed E-state index contributed by atoms with van der Waals surface area (Å²) < 4.78 is 0. The number of unbranched alkanes of at least 4 members (excludes halogenated alkanes) is 8. The van der Waals surface area contributed by atoms with E-state index in [1.807, 2.05) is 0 Å². The molecule has 23 heavy (non-hydrogen) atoms. The number of aliphatic hydroxyl groups is 1. The van der Waals surface area contributed by atoms with Crippen molar-refractivity contribution in [1.82, 2.24) is 0 Å². The molecular formula is C18H31NO4. The molecule has 132 valence electrons. The molecule has 2 atom stereocenters. The van der Waals surface area contributed by atoms with Gasteiger partial charge in [-0.1, -0.05) is 39.0 Å². The number of nitrogens with zero attached hydrogens (tertiary/aromatic N) is 1. The van der Waals surface area contributed by atoms with E-state index in [-0.39, 0.29) is 11.3 Å². The van der Waals surface area contributed by atoms with Crippen LogP contribution in [-0.2, 0) is 4.79 Å². The van der Waals surface area contributed by atoms with Crippen LogP contribution in [0.2, 0.25) is 0 Å². The molecule has 0 aromatic rings. The van der Waals surface area contributed by atoms with Crippen LogP contribution in [0.25, 0.3) is 0 Å². The first-order chi connectivity index (χ1) is 11.1. The lowest BCUT2D eigenvalue weighted by molar-refractivity contribution is -0.535. The second-order valence-corrected chi connectivity index (χ2v) is 5.95. The number of carbonyl (C=O) groups excluding carboxylic acids is 1. The number of aliphatic hydroxyl groups excluding tert-OH is 1. The molecule has 0 aromatic carbocycles. The van der Waals surface area contributed by atoms with E-state index in [0.717, 1.165) is 64.1 Å². The highest BCUT2D eigenvalue weighted by Crippen LogP contribution is 2.14. The quantitative estimate of drug-likeness (QED) is 0.173. The third kappa shape index (κ3) is 12.8. The van der Waals surface area contributed by atoms with Gasteiger partial charge in [0.05, 0.1) is 0 Å². The van der Waals surface area contributed by atoms with Gasteiger partial charge in [0.2, 0.25) is 6.04 Å². The number of hydrogen-bond acceptors (Lipinski definition) is 4. The summed E-state index contributed by atoms with van der Waals surface area (Å²) in [5.41, 5.74) is 0. The Morgan fingerprint density at radius 2 is 1.78 bits per heavy atom. The van der Waals surface area contributed by atoms with Crippen LogP contribution in [0.5, 0.6) is 0 Å². The molecule has 0 fully saturated rings. The molecule has 0 aromatic heterocycles. The van der Waals surface area contributed by atoms with Gasteiger partial charge < -0.3 is 9.90 Å². The smallest absolute Gasteiger partial charge is 0.239 e. The molecule has 0 bridgehead atoms. The number of aldehydes is 1. The van der Waals surface area contributed by atoms with Crippen LogP contribution < -0.4 is 0 Å². The molecular weight excluding hydrogens is 294 g/mol. The lowest BCUT2D eigenvalue weighted by Crippen LogP contribution is -2.33. The summed E-state index contributed by atoms with van der Waals surface area (Å²) in [6.45, 7) is 2.13. The first-order valence-electron chi connectivity index (χ1n) is 8.84. The van der Waals surface area contributed by atoms with Crippen LogP contribution in [0.4, 0.5) is 0 Å². The minimum absolute atomic E-state index is 0.178. The van der Waals surface area contributed by atoms with Crippen LogP contribution in [-0.4, -0.2) is 28.5 Å². The normalized spacial score (nSPS) is 13.0. The minimum Gasteiger partial charge on any atom is -0.385 e. The van der Waals surface area contributed by atoms with Crippen molar-refractivity contribution >= 4 is 6.29 Å². The molecule has 1 N–H and O–H groups in total. The van der Waals surface area contributed by atoms with Crippen LogP contribution in [0, 0.1) is 22.0 Å². The highest BCUT2D eigenvalue weighted by Gasteiger charge is 2.28. The van der Waals surface area contributed by atoms with Gasteiger partial charge in [-0.2, -0.15) is 0 Å². The summed E-state index contributed by atoms with van der Waals surface area (Å²) >= 11 is 0. The van der Waals surface area contributed by atoms with Crippen molar-refractivity contribution < 1.29 is 14.8 Å². The number of hydrogen-bond donors (Lipinski definition) is 1. The predicted octanol–water partition coefficient (Wildman–Crippen LogP) is 3.90. The van der Waals surface area contributed by atoms with E-state index in [1.165, 1.54) is 0 Å². The fourth-order valence-electron chi connectivity index (χ4n) is 2.41. The molecule has 0 radical (unpaired) electrons. The highest BCUT2D eigenvalue weighted by atomic mass is 16.6. The van der Waals surface area contributed by atoms with Crippen LogP contribution in [0.1, 0.15) is 84.0 Å². The summed E-state index contributed by atoms with van der Waals surface area (Å²) in [4.78, 5) is 20.9. The molecule has 0 spiro atoms. The van der Waals surface area contributed by atoms with E-state index in [1.54, 1.807) is 0 Å². The number of nitro groups is 1.